The second-order valence-electron chi connectivity index (χ2n) is 5.56. The molecule has 0 radical (unpaired) electrons. The summed E-state index contributed by atoms with van der Waals surface area (Å²) >= 11 is 0. The highest BCUT2D eigenvalue weighted by Gasteiger charge is 2.26. The predicted octanol–water partition coefficient (Wildman–Crippen LogP) is 0.179. The molecule has 0 aliphatic heterocycles. The Morgan fingerprint density at radius 1 is 1.23 bits per heavy atom. The maximum atomic E-state index is 12.5. The highest BCUT2D eigenvalue weighted by molar-refractivity contribution is 5.98. The molecular formula is C16H17FN4O5. The largest absolute Gasteiger partial charge is 0.481 e. The Hall–Kier alpha value is -3.30. The van der Waals surface area contributed by atoms with Crippen LogP contribution in [0.4, 0.5) is 4.39 Å². The summed E-state index contributed by atoms with van der Waals surface area (Å²) in [5, 5.41) is 13.2. The number of alkyl halides is 1. The van der Waals surface area contributed by atoms with Crippen molar-refractivity contribution in [1.82, 2.24) is 20.6 Å². The molecule has 0 fully saturated rings. The zero-order valence-corrected chi connectivity index (χ0v) is 13.8. The number of benzene rings is 1. The third-order valence-electron chi connectivity index (χ3n) is 3.56. The number of halogens is 1. The van der Waals surface area contributed by atoms with Gasteiger partial charge in [-0.1, -0.05) is 12.1 Å². The van der Waals surface area contributed by atoms with Gasteiger partial charge in [-0.05, 0) is 19.1 Å². The van der Waals surface area contributed by atoms with E-state index in [2.05, 4.69) is 20.6 Å². The number of carboxylic acid groups (broad SMARTS) is 1. The van der Waals surface area contributed by atoms with Gasteiger partial charge in [0, 0.05) is 0 Å². The van der Waals surface area contributed by atoms with Crippen LogP contribution in [0.5, 0.6) is 0 Å². The molecule has 138 valence electrons. The first-order valence-corrected chi connectivity index (χ1v) is 7.68. The quantitative estimate of drug-likeness (QED) is 0.526. The first kappa shape index (κ1) is 19.0. The second-order valence-corrected chi connectivity index (χ2v) is 5.56. The minimum absolute atomic E-state index is 0.00669. The molecule has 4 N–H and O–H groups in total. The van der Waals surface area contributed by atoms with Crippen molar-refractivity contribution in [2.24, 2.45) is 0 Å². The molecule has 0 aliphatic carbocycles. The molecule has 10 heteroatoms. The predicted molar refractivity (Wildman–Crippen MR) is 88.2 cm³/mol. The van der Waals surface area contributed by atoms with Crippen LogP contribution in [0.25, 0.3) is 11.0 Å². The number of aromatic nitrogens is 2. The summed E-state index contributed by atoms with van der Waals surface area (Å²) in [6.45, 7) is -0.0639. The Morgan fingerprint density at radius 2 is 1.92 bits per heavy atom. The molecule has 1 aromatic carbocycles. The standard InChI is InChI=1S/C16H17FN4O5/c1-8(15(25)21-11(6-13(23)24)12(22)7-17)18-16(26)14-19-9-4-2-3-5-10(9)20-14/h2-5,8,11H,6-7H2,1H3,(H,18,26)(H,19,20)(H,21,25)(H,23,24)/t8-,11-/m0/s1. The number of aliphatic carboxylic acids is 1. The van der Waals surface area contributed by atoms with E-state index in [1.54, 1.807) is 24.3 Å². The number of hydrogen-bond donors (Lipinski definition) is 4. The van der Waals surface area contributed by atoms with Gasteiger partial charge < -0.3 is 20.7 Å². The van der Waals surface area contributed by atoms with Crippen molar-refractivity contribution in [3.8, 4) is 0 Å². The van der Waals surface area contributed by atoms with E-state index in [0.29, 0.717) is 11.0 Å². The van der Waals surface area contributed by atoms with Crippen molar-refractivity contribution in [2.45, 2.75) is 25.4 Å². The van der Waals surface area contributed by atoms with E-state index in [4.69, 9.17) is 5.11 Å². The second kappa shape index (κ2) is 8.19. The van der Waals surface area contributed by atoms with Crippen LogP contribution in [-0.2, 0) is 14.4 Å². The lowest BCUT2D eigenvalue weighted by Gasteiger charge is -2.18. The molecule has 2 atom stereocenters. The number of imidazole rings is 1. The summed E-state index contributed by atoms with van der Waals surface area (Å²) < 4.78 is 12.5. The van der Waals surface area contributed by atoms with Crippen LogP contribution >= 0.6 is 0 Å². The Morgan fingerprint density at radius 3 is 2.54 bits per heavy atom. The van der Waals surface area contributed by atoms with Gasteiger partial charge in [0.1, 0.15) is 18.8 Å². The van der Waals surface area contributed by atoms with Gasteiger partial charge >= 0.3 is 5.97 Å². The third kappa shape index (κ3) is 4.62. The van der Waals surface area contributed by atoms with Gasteiger partial charge in [0.05, 0.1) is 17.5 Å². The monoisotopic (exact) mass is 364 g/mol. The van der Waals surface area contributed by atoms with Crippen molar-refractivity contribution in [3.63, 3.8) is 0 Å². The third-order valence-corrected chi connectivity index (χ3v) is 3.56. The van der Waals surface area contributed by atoms with Crippen LogP contribution in [0, 0.1) is 0 Å². The fourth-order valence-electron chi connectivity index (χ4n) is 2.20. The molecule has 1 aromatic heterocycles. The van der Waals surface area contributed by atoms with Gasteiger partial charge in [0.2, 0.25) is 5.91 Å². The highest BCUT2D eigenvalue weighted by atomic mass is 19.1. The van der Waals surface area contributed by atoms with E-state index >= 15 is 0 Å². The number of H-pyrrole nitrogens is 1. The average molecular weight is 364 g/mol. The molecule has 0 unspecified atom stereocenters. The lowest BCUT2D eigenvalue weighted by Crippen LogP contribution is -2.51. The van der Waals surface area contributed by atoms with Crippen LogP contribution in [-0.4, -0.2) is 57.4 Å². The zero-order chi connectivity index (χ0) is 19.3. The number of nitrogens with one attached hydrogen (secondary N) is 3. The van der Waals surface area contributed by atoms with Crippen LogP contribution in [0.3, 0.4) is 0 Å². The molecule has 2 rings (SSSR count). The molecule has 0 spiro atoms. The number of amides is 2. The fraction of sp³-hybridized carbons (Fsp3) is 0.312. The van der Waals surface area contributed by atoms with Crippen LogP contribution < -0.4 is 10.6 Å². The number of carbonyl (C=O) groups excluding carboxylic acids is 3. The van der Waals surface area contributed by atoms with Gasteiger partial charge in [-0.2, -0.15) is 0 Å². The van der Waals surface area contributed by atoms with E-state index in [1.165, 1.54) is 6.92 Å². The van der Waals surface area contributed by atoms with Crippen molar-refractivity contribution >= 4 is 34.6 Å². The van der Waals surface area contributed by atoms with Crippen molar-refractivity contribution in [2.75, 3.05) is 6.67 Å². The maximum Gasteiger partial charge on any atom is 0.305 e. The summed E-state index contributed by atoms with van der Waals surface area (Å²) in [5.74, 6) is -3.90. The molecule has 9 nitrogen and oxygen atoms in total. The summed E-state index contributed by atoms with van der Waals surface area (Å²) in [6, 6.07) is 4.36. The van der Waals surface area contributed by atoms with Gasteiger partial charge in [0.15, 0.2) is 11.6 Å². The van der Waals surface area contributed by atoms with E-state index in [-0.39, 0.29) is 5.82 Å². The summed E-state index contributed by atoms with van der Waals surface area (Å²) in [6.07, 6.45) is -0.751. The van der Waals surface area contributed by atoms with Gasteiger partial charge in [0.25, 0.3) is 5.91 Å². The minimum atomic E-state index is -1.50. The summed E-state index contributed by atoms with van der Waals surface area (Å²) in [5.41, 5.74) is 1.22. The number of Topliss-reactive ketones (excluding diaryl/α,β-unsaturated/α-hetero) is 1. The van der Waals surface area contributed by atoms with E-state index < -0.39 is 48.7 Å². The molecule has 0 saturated carbocycles. The highest BCUT2D eigenvalue weighted by Crippen LogP contribution is 2.10. The lowest BCUT2D eigenvalue weighted by atomic mass is 10.1. The Labute approximate surface area is 147 Å². The Kier molecular flexibility index (Phi) is 5.99. The Balaban J connectivity index is 2.01. The average Bonchev–Trinajstić information content (AvgIpc) is 3.04. The molecular weight excluding hydrogens is 347 g/mol. The van der Waals surface area contributed by atoms with E-state index in [9.17, 15) is 23.6 Å². The molecule has 2 amide bonds. The molecule has 26 heavy (non-hydrogen) atoms. The van der Waals surface area contributed by atoms with Crippen LogP contribution in [0.15, 0.2) is 24.3 Å². The Bertz CT molecular complexity index is 817. The number of para-hydroxylation sites is 2. The van der Waals surface area contributed by atoms with Gasteiger partial charge in [-0.3, -0.25) is 19.2 Å². The first-order valence-electron chi connectivity index (χ1n) is 7.68. The first-order chi connectivity index (χ1) is 12.3. The number of hydrogen-bond acceptors (Lipinski definition) is 5. The number of fused-ring (bicyclic) bond motifs is 1. The minimum Gasteiger partial charge on any atom is -0.481 e. The molecule has 2 aromatic rings. The number of aromatic amines is 1. The van der Waals surface area contributed by atoms with Crippen LogP contribution in [0.1, 0.15) is 24.0 Å². The molecule has 0 saturated heterocycles. The molecule has 0 bridgehead atoms. The topological polar surface area (TPSA) is 141 Å². The SMILES string of the molecule is C[C@H](NC(=O)c1nc2ccccc2[nH]1)C(=O)N[C@@H](CC(=O)O)C(=O)CF. The van der Waals surface area contributed by atoms with Gasteiger partial charge in [-0.25, -0.2) is 9.37 Å². The van der Waals surface area contributed by atoms with Crippen LogP contribution in [0.2, 0.25) is 0 Å². The number of carboxylic acids is 1. The maximum absolute atomic E-state index is 12.5. The van der Waals surface area contributed by atoms with E-state index in [1.807, 2.05) is 0 Å². The van der Waals surface area contributed by atoms with Gasteiger partial charge in [-0.15, -0.1) is 0 Å². The van der Waals surface area contributed by atoms with E-state index in [0.717, 1.165) is 0 Å². The zero-order valence-electron chi connectivity index (χ0n) is 13.8. The number of ketones is 1. The summed E-state index contributed by atoms with van der Waals surface area (Å²) in [7, 11) is 0. The fourth-order valence-corrected chi connectivity index (χ4v) is 2.20. The number of nitrogens with zero attached hydrogens (tertiary/aromatic N) is 1. The van der Waals surface area contributed by atoms with Crippen molar-refractivity contribution in [1.29, 1.82) is 0 Å². The normalized spacial score (nSPS) is 13.0. The molecule has 1 heterocycles. The number of rotatable bonds is 8. The van der Waals surface area contributed by atoms with Crippen molar-refractivity contribution in [3.05, 3.63) is 30.1 Å². The molecule has 0 aliphatic rings. The summed E-state index contributed by atoms with van der Waals surface area (Å²) in [4.78, 5) is 53.2. The lowest BCUT2D eigenvalue weighted by molar-refractivity contribution is -0.140. The van der Waals surface area contributed by atoms with Crippen molar-refractivity contribution < 1.29 is 28.7 Å². The number of carbonyl (C=O) groups is 4. The smallest absolute Gasteiger partial charge is 0.305 e.